The summed E-state index contributed by atoms with van der Waals surface area (Å²) in [6.45, 7) is 1.54. The van der Waals surface area contributed by atoms with Crippen molar-refractivity contribution in [3.8, 4) is 5.69 Å². The predicted molar refractivity (Wildman–Crippen MR) is 83.6 cm³/mol. The van der Waals surface area contributed by atoms with E-state index in [1.54, 1.807) is 6.07 Å². The number of benzene rings is 1. The average molecular weight is 331 g/mol. The Morgan fingerprint density at radius 3 is 2.83 bits per heavy atom. The molecule has 116 valence electrons. The van der Waals surface area contributed by atoms with Gasteiger partial charge in [-0.15, -0.1) is 11.3 Å². The highest BCUT2D eigenvalue weighted by Crippen LogP contribution is 2.28. The number of hydrogen-bond acceptors (Lipinski definition) is 6. The molecule has 0 saturated carbocycles. The number of nitrogens with zero attached hydrogens (tertiary/aromatic N) is 3. The van der Waals surface area contributed by atoms with Crippen molar-refractivity contribution >= 4 is 33.2 Å². The van der Waals surface area contributed by atoms with Crippen LogP contribution in [0.25, 0.3) is 15.9 Å². The van der Waals surface area contributed by atoms with Crippen LogP contribution in [0.2, 0.25) is 0 Å². The van der Waals surface area contributed by atoms with Crippen LogP contribution in [0.4, 0.5) is 5.69 Å². The Morgan fingerprint density at radius 2 is 2.17 bits per heavy atom. The second-order valence-corrected chi connectivity index (χ2v) is 5.59. The van der Waals surface area contributed by atoms with Gasteiger partial charge in [0.1, 0.15) is 10.5 Å². The van der Waals surface area contributed by atoms with Gasteiger partial charge in [0, 0.05) is 0 Å². The number of aromatic nitrogens is 2. The summed E-state index contributed by atoms with van der Waals surface area (Å²) in [5.41, 5.74) is -0.248. The molecule has 0 spiro atoms. The van der Waals surface area contributed by atoms with Crippen molar-refractivity contribution < 1.29 is 14.8 Å². The van der Waals surface area contributed by atoms with Crippen molar-refractivity contribution in [2.75, 3.05) is 0 Å². The monoisotopic (exact) mass is 331 g/mol. The SMILES string of the molecule is Cc1nc2c([N+](=O)[O-])csc2c(=O)n1-c1cccc(C(=O)O)c1. The molecule has 9 heteroatoms. The summed E-state index contributed by atoms with van der Waals surface area (Å²) >= 11 is 0.943. The van der Waals surface area contributed by atoms with Gasteiger partial charge in [-0.25, -0.2) is 9.78 Å². The lowest BCUT2D eigenvalue weighted by atomic mass is 10.2. The first-order valence-corrected chi connectivity index (χ1v) is 7.27. The fraction of sp³-hybridized carbons (Fsp3) is 0.0714. The Balaban J connectivity index is 2.31. The Morgan fingerprint density at radius 1 is 1.43 bits per heavy atom. The van der Waals surface area contributed by atoms with Crippen molar-refractivity contribution in [1.82, 2.24) is 9.55 Å². The van der Waals surface area contributed by atoms with Crippen LogP contribution in [0.1, 0.15) is 16.2 Å². The Bertz CT molecular complexity index is 1020. The second-order valence-electron chi connectivity index (χ2n) is 4.71. The summed E-state index contributed by atoms with van der Waals surface area (Å²) in [4.78, 5) is 38.2. The lowest BCUT2D eigenvalue weighted by Crippen LogP contribution is -2.21. The summed E-state index contributed by atoms with van der Waals surface area (Å²) in [6, 6.07) is 5.86. The summed E-state index contributed by atoms with van der Waals surface area (Å²) in [5.74, 6) is -0.870. The molecule has 0 aliphatic carbocycles. The lowest BCUT2D eigenvalue weighted by molar-refractivity contribution is -0.382. The number of carbonyl (C=O) groups is 1. The number of aromatic carboxylic acids is 1. The zero-order valence-electron chi connectivity index (χ0n) is 11.7. The van der Waals surface area contributed by atoms with Crippen molar-refractivity contribution in [1.29, 1.82) is 0 Å². The van der Waals surface area contributed by atoms with E-state index in [1.165, 1.54) is 35.1 Å². The van der Waals surface area contributed by atoms with E-state index in [1.807, 2.05) is 0 Å². The van der Waals surface area contributed by atoms with Gasteiger partial charge in [-0.2, -0.15) is 0 Å². The van der Waals surface area contributed by atoms with E-state index in [-0.39, 0.29) is 27.3 Å². The minimum absolute atomic E-state index is 0.0334. The van der Waals surface area contributed by atoms with Crippen molar-refractivity contribution in [3.63, 3.8) is 0 Å². The molecule has 0 bridgehead atoms. The minimum atomic E-state index is -1.11. The quantitative estimate of drug-likeness (QED) is 0.582. The Labute approximate surface area is 132 Å². The highest BCUT2D eigenvalue weighted by molar-refractivity contribution is 7.17. The predicted octanol–water partition coefficient (Wildman–Crippen LogP) is 2.36. The van der Waals surface area contributed by atoms with Crippen LogP contribution < -0.4 is 5.56 Å². The standard InChI is InChI=1S/C14H9N3O5S/c1-7-15-11-10(17(21)22)6-23-12(11)13(18)16(7)9-4-2-3-8(5-9)14(19)20/h2-6H,1H3,(H,19,20). The molecule has 0 amide bonds. The van der Waals surface area contributed by atoms with Gasteiger partial charge in [0.05, 0.1) is 21.6 Å². The van der Waals surface area contributed by atoms with Gasteiger partial charge in [0.2, 0.25) is 0 Å². The first-order valence-electron chi connectivity index (χ1n) is 6.39. The van der Waals surface area contributed by atoms with E-state index < -0.39 is 16.5 Å². The van der Waals surface area contributed by atoms with Gasteiger partial charge in [0.15, 0.2) is 5.52 Å². The molecule has 0 saturated heterocycles. The normalized spacial score (nSPS) is 10.8. The topological polar surface area (TPSA) is 115 Å². The zero-order chi connectivity index (χ0) is 16.7. The third kappa shape index (κ3) is 2.36. The number of carboxylic acids is 1. The molecule has 3 rings (SSSR count). The number of carboxylic acid groups (broad SMARTS) is 1. The van der Waals surface area contributed by atoms with Crippen LogP contribution in [-0.2, 0) is 0 Å². The van der Waals surface area contributed by atoms with Crippen LogP contribution in [0.15, 0.2) is 34.4 Å². The Kier molecular flexibility index (Phi) is 3.41. The highest BCUT2D eigenvalue weighted by Gasteiger charge is 2.21. The zero-order valence-corrected chi connectivity index (χ0v) is 12.5. The third-order valence-corrected chi connectivity index (χ3v) is 4.23. The van der Waals surface area contributed by atoms with Gasteiger partial charge in [0.25, 0.3) is 5.56 Å². The Hall–Kier alpha value is -3.07. The average Bonchev–Trinajstić information content (AvgIpc) is 2.91. The second kappa shape index (κ2) is 5.29. The van der Waals surface area contributed by atoms with Crippen molar-refractivity contribution in [3.05, 3.63) is 61.5 Å². The third-order valence-electron chi connectivity index (χ3n) is 3.29. The maximum absolute atomic E-state index is 12.6. The largest absolute Gasteiger partial charge is 0.478 e. The van der Waals surface area contributed by atoms with Gasteiger partial charge < -0.3 is 5.11 Å². The van der Waals surface area contributed by atoms with E-state index in [0.29, 0.717) is 5.69 Å². The smallest absolute Gasteiger partial charge is 0.335 e. The van der Waals surface area contributed by atoms with E-state index in [9.17, 15) is 19.7 Å². The van der Waals surface area contributed by atoms with Crippen molar-refractivity contribution in [2.45, 2.75) is 6.92 Å². The van der Waals surface area contributed by atoms with E-state index in [4.69, 9.17) is 5.11 Å². The number of nitro groups is 1. The maximum Gasteiger partial charge on any atom is 0.335 e. The molecular weight excluding hydrogens is 322 g/mol. The van der Waals surface area contributed by atoms with Crippen LogP contribution in [0.3, 0.4) is 0 Å². The van der Waals surface area contributed by atoms with Crippen LogP contribution >= 0.6 is 11.3 Å². The number of aryl methyl sites for hydroxylation is 1. The van der Waals surface area contributed by atoms with Gasteiger partial charge in [-0.05, 0) is 25.1 Å². The molecule has 0 aliphatic heterocycles. The molecule has 8 nitrogen and oxygen atoms in total. The lowest BCUT2D eigenvalue weighted by Gasteiger charge is -2.09. The molecule has 1 N–H and O–H groups in total. The first-order chi connectivity index (χ1) is 10.9. The molecule has 0 radical (unpaired) electrons. The summed E-state index contributed by atoms with van der Waals surface area (Å²) in [6.07, 6.45) is 0. The number of hydrogen-bond donors (Lipinski definition) is 1. The van der Waals surface area contributed by atoms with Gasteiger partial charge in [-0.3, -0.25) is 19.5 Å². The summed E-state index contributed by atoms with van der Waals surface area (Å²) < 4.78 is 1.40. The van der Waals surface area contributed by atoms with E-state index >= 15 is 0 Å². The fourth-order valence-electron chi connectivity index (χ4n) is 2.27. The fourth-order valence-corrected chi connectivity index (χ4v) is 3.16. The number of fused-ring (bicyclic) bond motifs is 1. The molecule has 2 heterocycles. The number of thiophene rings is 1. The summed E-state index contributed by atoms with van der Waals surface area (Å²) in [5, 5.41) is 21.3. The van der Waals surface area contributed by atoms with Crippen LogP contribution in [0.5, 0.6) is 0 Å². The molecule has 0 unspecified atom stereocenters. The molecule has 0 fully saturated rings. The molecular formula is C14H9N3O5S. The van der Waals surface area contributed by atoms with E-state index in [2.05, 4.69) is 4.98 Å². The maximum atomic E-state index is 12.6. The molecule has 3 aromatic rings. The molecule has 1 aromatic carbocycles. The molecule has 0 aliphatic rings. The molecule has 2 aromatic heterocycles. The molecule has 0 atom stereocenters. The van der Waals surface area contributed by atoms with Gasteiger partial charge >= 0.3 is 11.7 Å². The summed E-state index contributed by atoms with van der Waals surface area (Å²) in [7, 11) is 0. The van der Waals surface area contributed by atoms with Crippen LogP contribution in [-0.4, -0.2) is 25.6 Å². The number of rotatable bonds is 3. The molecule has 23 heavy (non-hydrogen) atoms. The van der Waals surface area contributed by atoms with Crippen LogP contribution in [0, 0.1) is 17.0 Å². The van der Waals surface area contributed by atoms with Crippen molar-refractivity contribution in [2.24, 2.45) is 0 Å². The van der Waals surface area contributed by atoms with Gasteiger partial charge in [-0.1, -0.05) is 6.07 Å². The minimum Gasteiger partial charge on any atom is -0.478 e. The highest BCUT2D eigenvalue weighted by atomic mass is 32.1. The first kappa shape index (κ1) is 14.9. The van der Waals surface area contributed by atoms with E-state index in [0.717, 1.165) is 11.3 Å².